The van der Waals surface area contributed by atoms with Crippen LogP contribution in [-0.4, -0.2) is 56.1 Å². The van der Waals surface area contributed by atoms with E-state index in [-0.39, 0.29) is 12.5 Å². The number of carbonyl (C=O) groups excluding carboxylic acids is 1. The number of nitrogens with one attached hydrogen (secondary N) is 2. The number of rotatable bonds is 8. The average Bonchev–Trinajstić information content (AvgIpc) is 2.67. The van der Waals surface area contributed by atoms with Crippen molar-refractivity contribution in [2.24, 2.45) is 4.99 Å². The molecule has 2 rings (SSSR count). The summed E-state index contributed by atoms with van der Waals surface area (Å²) in [6.45, 7) is 6.12. The molecule has 1 amide bonds. The summed E-state index contributed by atoms with van der Waals surface area (Å²) in [6, 6.07) is 9.79. The van der Waals surface area contributed by atoms with Crippen LogP contribution in [0, 0.1) is 0 Å². The largest absolute Gasteiger partial charge is 0.494 e. The molecule has 0 spiro atoms. The Hall–Kier alpha value is -2.24. The van der Waals surface area contributed by atoms with Crippen LogP contribution in [0.25, 0.3) is 0 Å². The van der Waals surface area contributed by atoms with Gasteiger partial charge < -0.3 is 20.3 Å². The summed E-state index contributed by atoms with van der Waals surface area (Å²) in [5.41, 5.74) is 0. The van der Waals surface area contributed by atoms with Crippen molar-refractivity contribution in [2.75, 3.05) is 39.3 Å². The van der Waals surface area contributed by atoms with Crippen LogP contribution >= 0.6 is 0 Å². The second kappa shape index (κ2) is 11.3. The molecule has 0 aliphatic carbocycles. The summed E-state index contributed by atoms with van der Waals surface area (Å²) in [4.78, 5) is 18.5. The summed E-state index contributed by atoms with van der Waals surface area (Å²) in [5.74, 6) is 1.69. The van der Waals surface area contributed by atoms with Gasteiger partial charge in [0, 0.05) is 26.2 Å². The van der Waals surface area contributed by atoms with E-state index in [4.69, 9.17) is 4.74 Å². The van der Waals surface area contributed by atoms with E-state index in [0.717, 1.165) is 51.2 Å². The normalized spacial score (nSPS) is 14.9. The lowest BCUT2D eigenvalue weighted by molar-refractivity contribution is -0.130. The Bertz CT molecular complexity index is 527. The Labute approximate surface area is 150 Å². The van der Waals surface area contributed by atoms with Gasteiger partial charge in [-0.2, -0.15) is 0 Å². The molecule has 6 nitrogen and oxygen atoms in total. The van der Waals surface area contributed by atoms with Crippen molar-refractivity contribution in [3.8, 4) is 5.75 Å². The first-order chi connectivity index (χ1) is 12.3. The van der Waals surface area contributed by atoms with Crippen LogP contribution in [0.4, 0.5) is 0 Å². The maximum absolute atomic E-state index is 12.2. The predicted octanol–water partition coefficient (Wildman–Crippen LogP) is 2.02. The minimum atomic E-state index is 0.115. The molecule has 0 radical (unpaired) electrons. The van der Waals surface area contributed by atoms with Crippen LogP contribution in [0.5, 0.6) is 5.75 Å². The Balaban J connectivity index is 1.67. The summed E-state index contributed by atoms with van der Waals surface area (Å²) >= 11 is 0. The fraction of sp³-hybridized carbons (Fsp3) is 0.579. The molecule has 1 aromatic rings. The number of nitrogens with zero attached hydrogens (tertiary/aromatic N) is 2. The molecule has 6 heteroatoms. The van der Waals surface area contributed by atoms with Gasteiger partial charge >= 0.3 is 0 Å². The highest BCUT2D eigenvalue weighted by molar-refractivity contribution is 5.84. The van der Waals surface area contributed by atoms with Crippen molar-refractivity contribution >= 4 is 11.9 Å². The number of aliphatic imine (C=N–C) groups is 1. The van der Waals surface area contributed by atoms with Gasteiger partial charge in [0.15, 0.2) is 5.96 Å². The Morgan fingerprint density at radius 1 is 1.16 bits per heavy atom. The molecule has 0 saturated carbocycles. The molecule has 0 bridgehead atoms. The molecule has 1 saturated heterocycles. The van der Waals surface area contributed by atoms with E-state index >= 15 is 0 Å². The van der Waals surface area contributed by atoms with Gasteiger partial charge in [-0.1, -0.05) is 18.2 Å². The van der Waals surface area contributed by atoms with Crippen LogP contribution < -0.4 is 15.4 Å². The molecular formula is C19H30N4O2. The molecule has 0 atom stereocenters. The zero-order valence-corrected chi connectivity index (χ0v) is 15.2. The summed E-state index contributed by atoms with van der Waals surface area (Å²) in [5, 5.41) is 6.43. The van der Waals surface area contributed by atoms with Crippen LogP contribution in [0.2, 0.25) is 0 Å². The zero-order valence-electron chi connectivity index (χ0n) is 15.2. The number of ether oxygens (including phenoxy) is 1. The topological polar surface area (TPSA) is 66.0 Å². The van der Waals surface area contributed by atoms with Crippen molar-refractivity contribution < 1.29 is 9.53 Å². The first-order valence-corrected chi connectivity index (χ1v) is 9.27. The summed E-state index contributed by atoms with van der Waals surface area (Å²) < 4.78 is 5.66. The number of amides is 1. The van der Waals surface area contributed by atoms with Crippen molar-refractivity contribution in [1.82, 2.24) is 15.5 Å². The number of guanidine groups is 1. The second-order valence-corrected chi connectivity index (χ2v) is 6.08. The smallest absolute Gasteiger partial charge is 0.244 e. The van der Waals surface area contributed by atoms with Crippen molar-refractivity contribution in [3.05, 3.63) is 30.3 Å². The highest BCUT2D eigenvalue weighted by Crippen LogP contribution is 2.09. The molecule has 1 aromatic carbocycles. The van der Waals surface area contributed by atoms with Gasteiger partial charge in [0.1, 0.15) is 12.3 Å². The number of para-hydroxylation sites is 1. The average molecular weight is 346 g/mol. The van der Waals surface area contributed by atoms with E-state index in [1.54, 1.807) is 0 Å². The number of benzene rings is 1. The van der Waals surface area contributed by atoms with Crippen molar-refractivity contribution in [3.63, 3.8) is 0 Å². The highest BCUT2D eigenvalue weighted by Gasteiger charge is 2.15. The van der Waals surface area contributed by atoms with E-state index < -0.39 is 0 Å². The number of hydrogen-bond donors (Lipinski definition) is 2. The Morgan fingerprint density at radius 3 is 2.64 bits per heavy atom. The molecule has 138 valence electrons. The molecule has 0 aromatic heterocycles. The maximum atomic E-state index is 12.2. The minimum Gasteiger partial charge on any atom is -0.494 e. The second-order valence-electron chi connectivity index (χ2n) is 6.08. The summed E-state index contributed by atoms with van der Waals surface area (Å²) in [7, 11) is 0. The first-order valence-electron chi connectivity index (χ1n) is 9.27. The fourth-order valence-electron chi connectivity index (χ4n) is 2.72. The van der Waals surface area contributed by atoms with Gasteiger partial charge in [-0.15, -0.1) is 0 Å². The van der Waals surface area contributed by atoms with Crippen LogP contribution in [-0.2, 0) is 4.79 Å². The number of piperidine rings is 1. The third-order valence-electron chi connectivity index (χ3n) is 4.05. The van der Waals surface area contributed by atoms with Crippen molar-refractivity contribution in [1.29, 1.82) is 0 Å². The third kappa shape index (κ3) is 7.45. The van der Waals surface area contributed by atoms with Gasteiger partial charge in [0.25, 0.3) is 0 Å². The van der Waals surface area contributed by atoms with Crippen molar-refractivity contribution in [2.45, 2.75) is 32.6 Å². The van der Waals surface area contributed by atoms with Crippen LogP contribution in [0.3, 0.4) is 0 Å². The van der Waals surface area contributed by atoms with Crippen LogP contribution in [0.15, 0.2) is 35.3 Å². The molecular weight excluding hydrogens is 316 g/mol. The monoisotopic (exact) mass is 346 g/mol. The lowest BCUT2D eigenvalue weighted by Crippen LogP contribution is -2.41. The van der Waals surface area contributed by atoms with E-state index in [1.165, 1.54) is 6.42 Å². The van der Waals surface area contributed by atoms with Gasteiger partial charge in [-0.05, 0) is 44.7 Å². The molecule has 0 unspecified atom stereocenters. The van der Waals surface area contributed by atoms with E-state index in [1.807, 2.05) is 42.2 Å². The lowest BCUT2D eigenvalue weighted by Gasteiger charge is -2.26. The lowest BCUT2D eigenvalue weighted by atomic mass is 10.1. The zero-order chi connectivity index (χ0) is 17.7. The molecule has 25 heavy (non-hydrogen) atoms. The standard InChI is InChI=1S/C19H30N4O2/c1-2-20-19(22-16-18(24)23-13-7-4-8-14-23)21-12-9-15-25-17-10-5-3-6-11-17/h3,5-6,10-11H,2,4,7-9,12-16H2,1H3,(H2,20,21,22). The van der Waals surface area contributed by atoms with Crippen LogP contribution in [0.1, 0.15) is 32.6 Å². The number of likely N-dealkylation sites (tertiary alicyclic amines) is 1. The number of carbonyl (C=O) groups is 1. The molecule has 1 aliphatic heterocycles. The maximum Gasteiger partial charge on any atom is 0.244 e. The molecule has 1 aliphatic rings. The first kappa shape index (κ1) is 19.1. The van der Waals surface area contributed by atoms with Gasteiger partial charge in [0.05, 0.1) is 6.61 Å². The Morgan fingerprint density at radius 2 is 1.92 bits per heavy atom. The van der Waals surface area contributed by atoms with E-state index in [9.17, 15) is 4.79 Å². The van der Waals surface area contributed by atoms with E-state index in [2.05, 4.69) is 15.6 Å². The SMILES string of the molecule is CCNC(=NCC(=O)N1CCCCC1)NCCCOc1ccccc1. The van der Waals surface area contributed by atoms with Gasteiger partial charge in [0.2, 0.25) is 5.91 Å². The highest BCUT2D eigenvalue weighted by atomic mass is 16.5. The molecule has 1 fully saturated rings. The fourth-order valence-corrected chi connectivity index (χ4v) is 2.72. The minimum absolute atomic E-state index is 0.115. The quantitative estimate of drug-likeness (QED) is 0.429. The summed E-state index contributed by atoms with van der Waals surface area (Å²) in [6.07, 6.45) is 4.30. The number of hydrogen-bond acceptors (Lipinski definition) is 3. The predicted molar refractivity (Wildman–Crippen MR) is 101 cm³/mol. The van der Waals surface area contributed by atoms with Gasteiger partial charge in [-0.25, -0.2) is 4.99 Å². The molecule has 1 heterocycles. The molecule has 2 N–H and O–H groups in total. The third-order valence-corrected chi connectivity index (χ3v) is 4.05. The van der Waals surface area contributed by atoms with Gasteiger partial charge in [-0.3, -0.25) is 4.79 Å². The Kier molecular flexibility index (Phi) is 8.66. The van der Waals surface area contributed by atoms with E-state index in [0.29, 0.717) is 12.6 Å².